The summed E-state index contributed by atoms with van der Waals surface area (Å²) in [7, 11) is 0. The highest BCUT2D eigenvalue weighted by molar-refractivity contribution is 14.1. The molecule has 0 saturated carbocycles. The highest BCUT2D eigenvalue weighted by Gasteiger charge is 2.24. The number of esters is 1. The number of aliphatic imine (C=N–C) groups is 1. The predicted molar refractivity (Wildman–Crippen MR) is 90.9 cm³/mol. The molecule has 0 atom stereocenters. The van der Waals surface area contributed by atoms with Gasteiger partial charge in [-0.3, -0.25) is 0 Å². The topological polar surface area (TPSA) is 38.7 Å². The average Bonchev–Trinajstić information content (AvgIpc) is 2.85. The summed E-state index contributed by atoms with van der Waals surface area (Å²) in [5, 5.41) is 0. The Hall–Kier alpha value is -2.02. The number of aryl methyl sites for hydroxylation is 1. The molecule has 0 aliphatic carbocycles. The molecule has 0 unspecified atom stereocenters. The number of hydrogen-bond acceptors (Lipinski definition) is 3. The second kappa shape index (κ2) is 6.00. The van der Waals surface area contributed by atoms with Gasteiger partial charge in [-0.15, -0.1) is 0 Å². The van der Waals surface area contributed by atoms with E-state index in [1.807, 2.05) is 25.1 Å². The molecule has 0 radical (unpaired) electrons. The number of ether oxygens (including phenoxy) is 1. The maximum Gasteiger partial charge on any atom is 0.363 e. The maximum absolute atomic E-state index is 12.9. The van der Waals surface area contributed by atoms with Crippen LogP contribution in [0.3, 0.4) is 0 Å². The van der Waals surface area contributed by atoms with Crippen LogP contribution in [0.2, 0.25) is 0 Å². The van der Waals surface area contributed by atoms with Crippen LogP contribution in [0.5, 0.6) is 0 Å². The highest BCUT2D eigenvalue weighted by atomic mass is 127. The molecular formula is C17H11FINO2. The van der Waals surface area contributed by atoms with E-state index in [2.05, 4.69) is 27.6 Å². The van der Waals surface area contributed by atoms with E-state index in [1.165, 1.54) is 12.1 Å². The quantitative estimate of drug-likeness (QED) is 0.428. The van der Waals surface area contributed by atoms with E-state index in [9.17, 15) is 9.18 Å². The van der Waals surface area contributed by atoms with Gasteiger partial charge in [0.05, 0.1) is 0 Å². The fourth-order valence-corrected chi connectivity index (χ4v) is 2.36. The molecule has 0 bridgehead atoms. The number of cyclic esters (lactones) is 1. The SMILES string of the molecule is Cc1cc(C2=N/C(=C\c3ccc(F)cc3)C(=O)O2)ccc1I. The number of hydrogen-bond donors (Lipinski definition) is 0. The van der Waals surface area contributed by atoms with Crippen molar-refractivity contribution in [1.82, 2.24) is 0 Å². The van der Waals surface area contributed by atoms with Gasteiger partial charge in [0.2, 0.25) is 5.90 Å². The van der Waals surface area contributed by atoms with Crippen LogP contribution in [-0.4, -0.2) is 11.9 Å². The van der Waals surface area contributed by atoms with Gasteiger partial charge < -0.3 is 4.74 Å². The third-order valence-electron chi connectivity index (χ3n) is 3.20. The second-order valence-electron chi connectivity index (χ2n) is 4.85. The molecule has 0 saturated heterocycles. The summed E-state index contributed by atoms with van der Waals surface area (Å²) in [6.07, 6.45) is 1.58. The van der Waals surface area contributed by atoms with Gasteiger partial charge in [-0.05, 0) is 77.0 Å². The fraction of sp³-hybridized carbons (Fsp3) is 0.0588. The Labute approximate surface area is 140 Å². The van der Waals surface area contributed by atoms with Crippen molar-refractivity contribution < 1.29 is 13.9 Å². The van der Waals surface area contributed by atoms with Crippen LogP contribution in [0.1, 0.15) is 16.7 Å². The van der Waals surface area contributed by atoms with E-state index in [4.69, 9.17) is 4.74 Å². The van der Waals surface area contributed by atoms with Gasteiger partial charge in [0, 0.05) is 9.13 Å². The first-order valence-electron chi connectivity index (χ1n) is 6.57. The number of benzene rings is 2. The number of carbonyl (C=O) groups is 1. The first-order chi connectivity index (χ1) is 10.5. The number of halogens is 2. The van der Waals surface area contributed by atoms with Crippen LogP contribution in [0.4, 0.5) is 4.39 Å². The molecule has 0 spiro atoms. The largest absolute Gasteiger partial charge is 0.402 e. The van der Waals surface area contributed by atoms with Crippen LogP contribution in [0, 0.1) is 16.3 Å². The second-order valence-corrected chi connectivity index (χ2v) is 6.01. The average molecular weight is 407 g/mol. The van der Waals surface area contributed by atoms with Crippen molar-refractivity contribution in [3.8, 4) is 0 Å². The van der Waals surface area contributed by atoms with Crippen LogP contribution >= 0.6 is 22.6 Å². The Bertz CT molecular complexity index is 810. The first-order valence-corrected chi connectivity index (χ1v) is 7.65. The molecule has 5 heteroatoms. The Morgan fingerprint density at radius 3 is 2.59 bits per heavy atom. The molecule has 22 heavy (non-hydrogen) atoms. The molecule has 2 aromatic carbocycles. The molecule has 0 N–H and O–H groups in total. The van der Waals surface area contributed by atoms with Crippen molar-refractivity contribution >= 4 is 40.5 Å². The van der Waals surface area contributed by atoms with Crippen molar-refractivity contribution in [3.05, 3.63) is 74.2 Å². The van der Waals surface area contributed by atoms with Crippen molar-refractivity contribution in [2.75, 3.05) is 0 Å². The fourth-order valence-electron chi connectivity index (χ4n) is 2.03. The summed E-state index contributed by atoms with van der Waals surface area (Å²) in [5.41, 5.74) is 2.75. The molecule has 3 rings (SSSR count). The Balaban J connectivity index is 1.94. The lowest BCUT2D eigenvalue weighted by molar-refractivity contribution is -0.129. The summed E-state index contributed by atoms with van der Waals surface area (Å²) in [6.45, 7) is 1.98. The van der Waals surface area contributed by atoms with Crippen LogP contribution in [0.25, 0.3) is 6.08 Å². The van der Waals surface area contributed by atoms with Crippen molar-refractivity contribution in [2.24, 2.45) is 4.99 Å². The van der Waals surface area contributed by atoms with E-state index in [-0.39, 0.29) is 17.4 Å². The maximum atomic E-state index is 12.9. The van der Waals surface area contributed by atoms with E-state index in [1.54, 1.807) is 18.2 Å². The first kappa shape index (κ1) is 14.9. The van der Waals surface area contributed by atoms with E-state index >= 15 is 0 Å². The summed E-state index contributed by atoms with van der Waals surface area (Å²) in [5.74, 6) is -0.539. The van der Waals surface area contributed by atoms with Gasteiger partial charge in [-0.2, -0.15) is 0 Å². The van der Waals surface area contributed by atoms with E-state index in [0.717, 1.165) is 14.7 Å². The van der Waals surface area contributed by atoms with Gasteiger partial charge >= 0.3 is 5.97 Å². The van der Waals surface area contributed by atoms with Crippen molar-refractivity contribution in [3.63, 3.8) is 0 Å². The van der Waals surface area contributed by atoms with Crippen LogP contribution in [0.15, 0.2) is 53.2 Å². The molecule has 1 aliphatic heterocycles. The molecule has 1 heterocycles. The molecule has 110 valence electrons. The monoisotopic (exact) mass is 407 g/mol. The third-order valence-corrected chi connectivity index (χ3v) is 4.41. The molecular weight excluding hydrogens is 396 g/mol. The summed E-state index contributed by atoms with van der Waals surface area (Å²) < 4.78 is 19.2. The number of carbonyl (C=O) groups excluding carboxylic acids is 1. The van der Waals surface area contributed by atoms with E-state index < -0.39 is 5.97 Å². The Morgan fingerprint density at radius 1 is 1.18 bits per heavy atom. The van der Waals surface area contributed by atoms with Gasteiger partial charge in [0.1, 0.15) is 5.82 Å². The Kier molecular flexibility index (Phi) is 4.06. The number of rotatable bonds is 2. The zero-order valence-electron chi connectivity index (χ0n) is 11.6. The zero-order chi connectivity index (χ0) is 15.7. The summed E-state index contributed by atoms with van der Waals surface area (Å²) >= 11 is 2.24. The number of nitrogens with zero attached hydrogens (tertiary/aromatic N) is 1. The summed E-state index contributed by atoms with van der Waals surface area (Å²) in [6, 6.07) is 11.6. The van der Waals surface area contributed by atoms with Crippen molar-refractivity contribution in [2.45, 2.75) is 6.92 Å². The van der Waals surface area contributed by atoms with Crippen molar-refractivity contribution in [1.29, 1.82) is 0 Å². The van der Waals surface area contributed by atoms with Gasteiger partial charge in [0.15, 0.2) is 5.70 Å². The minimum atomic E-state index is -0.504. The smallest absolute Gasteiger partial charge is 0.363 e. The molecule has 0 aromatic heterocycles. The van der Waals surface area contributed by atoms with Crippen LogP contribution < -0.4 is 0 Å². The van der Waals surface area contributed by atoms with Gasteiger partial charge in [-0.25, -0.2) is 14.2 Å². The standard InChI is InChI=1S/C17H11FINO2/c1-10-8-12(4-7-14(10)19)16-20-15(17(21)22-16)9-11-2-5-13(18)6-3-11/h2-9H,1H3/b15-9-. The lowest BCUT2D eigenvalue weighted by Crippen LogP contribution is -2.05. The lowest BCUT2D eigenvalue weighted by Gasteiger charge is -2.02. The highest BCUT2D eigenvalue weighted by Crippen LogP contribution is 2.21. The molecule has 1 aliphatic rings. The zero-order valence-corrected chi connectivity index (χ0v) is 13.8. The molecule has 0 fully saturated rings. The van der Waals surface area contributed by atoms with Gasteiger partial charge in [-0.1, -0.05) is 12.1 Å². The molecule has 0 amide bonds. The minimum absolute atomic E-state index is 0.206. The molecule has 2 aromatic rings. The Morgan fingerprint density at radius 2 is 1.91 bits per heavy atom. The molecule has 3 nitrogen and oxygen atoms in total. The minimum Gasteiger partial charge on any atom is -0.402 e. The lowest BCUT2D eigenvalue weighted by atomic mass is 10.1. The normalized spacial score (nSPS) is 15.9. The van der Waals surface area contributed by atoms with Crippen LogP contribution in [-0.2, 0) is 9.53 Å². The third kappa shape index (κ3) is 3.09. The van der Waals surface area contributed by atoms with Gasteiger partial charge in [0.25, 0.3) is 0 Å². The van der Waals surface area contributed by atoms with E-state index in [0.29, 0.717) is 5.56 Å². The predicted octanol–water partition coefficient (Wildman–Crippen LogP) is 4.08. The summed E-state index contributed by atoms with van der Waals surface area (Å²) in [4.78, 5) is 16.1.